The molecule has 1 aliphatic rings. The van der Waals surface area contributed by atoms with E-state index in [-0.39, 0.29) is 18.5 Å². The molecule has 0 atom stereocenters. The van der Waals surface area contributed by atoms with Crippen LogP contribution in [-0.4, -0.2) is 89.5 Å². The molecule has 0 spiro atoms. The van der Waals surface area contributed by atoms with Crippen LogP contribution in [0.3, 0.4) is 0 Å². The fourth-order valence-corrected chi connectivity index (χ4v) is 4.00. The minimum atomic E-state index is -3.29. The molecule has 1 aliphatic heterocycles. The summed E-state index contributed by atoms with van der Waals surface area (Å²) in [6.07, 6.45) is 1.68. The second-order valence-electron chi connectivity index (χ2n) is 6.65. The SMILES string of the molecule is CCNC(=NCc1nncn1C)N1CCN(S(=O)(=O)CCOC(C)C)CC1. The van der Waals surface area contributed by atoms with E-state index in [1.165, 1.54) is 0 Å². The number of hydrogen-bond acceptors (Lipinski definition) is 6. The van der Waals surface area contributed by atoms with E-state index in [0.29, 0.717) is 32.7 Å². The first-order valence-corrected chi connectivity index (χ1v) is 10.9. The summed E-state index contributed by atoms with van der Waals surface area (Å²) >= 11 is 0. The third-order valence-electron chi connectivity index (χ3n) is 4.23. The Hall–Kier alpha value is -1.72. The van der Waals surface area contributed by atoms with Crippen molar-refractivity contribution in [2.24, 2.45) is 12.0 Å². The molecule has 1 aromatic heterocycles. The average Bonchev–Trinajstić information content (AvgIpc) is 3.03. The summed E-state index contributed by atoms with van der Waals surface area (Å²) in [7, 11) is -1.41. The van der Waals surface area contributed by atoms with Crippen LogP contribution in [0.25, 0.3) is 0 Å². The van der Waals surface area contributed by atoms with Crippen LogP contribution in [0.2, 0.25) is 0 Å². The van der Waals surface area contributed by atoms with Gasteiger partial charge >= 0.3 is 0 Å². The highest BCUT2D eigenvalue weighted by molar-refractivity contribution is 7.89. The van der Waals surface area contributed by atoms with E-state index < -0.39 is 10.0 Å². The van der Waals surface area contributed by atoms with Crippen molar-refractivity contribution in [3.05, 3.63) is 12.2 Å². The minimum absolute atomic E-state index is 0.0193. The van der Waals surface area contributed by atoms with E-state index in [1.807, 2.05) is 32.4 Å². The van der Waals surface area contributed by atoms with E-state index in [4.69, 9.17) is 4.74 Å². The molecule has 154 valence electrons. The number of aromatic nitrogens is 3. The van der Waals surface area contributed by atoms with Crippen LogP contribution >= 0.6 is 0 Å². The van der Waals surface area contributed by atoms with Crippen LogP contribution in [-0.2, 0) is 28.4 Å². The number of rotatable bonds is 8. The van der Waals surface area contributed by atoms with Crippen LogP contribution in [0.5, 0.6) is 0 Å². The number of guanidine groups is 1. The number of aryl methyl sites for hydroxylation is 1. The molecule has 0 saturated carbocycles. The zero-order chi connectivity index (χ0) is 19.9. The van der Waals surface area contributed by atoms with Gasteiger partial charge in [-0.05, 0) is 20.8 Å². The number of ether oxygens (including phenoxy) is 1. The van der Waals surface area contributed by atoms with Crippen molar-refractivity contribution in [2.75, 3.05) is 45.1 Å². The van der Waals surface area contributed by atoms with Crippen LogP contribution in [0.15, 0.2) is 11.3 Å². The molecule has 1 fully saturated rings. The molecule has 1 aromatic rings. The summed E-state index contributed by atoms with van der Waals surface area (Å²) in [5.41, 5.74) is 0. The van der Waals surface area contributed by atoms with Crippen LogP contribution in [0, 0.1) is 0 Å². The van der Waals surface area contributed by atoms with Crippen molar-refractivity contribution < 1.29 is 13.2 Å². The van der Waals surface area contributed by atoms with Crippen LogP contribution in [0.1, 0.15) is 26.6 Å². The number of aliphatic imine (C=N–C) groups is 1. The molecule has 0 aromatic carbocycles. The lowest BCUT2D eigenvalue weighted by molar-refractivity contribution is 0.0904. The van der Waals surface area contributed by atoms with Gasteiger partial charge in [0.2, 0.25) is 10.0 Å². The Kier molecular flexibility index (Phi) is 7.99. The zero-order valence-electron chi connectivity index (χ0n) is 16.6. The van der Waals surface area contributed by atoms with E-state index in [2.05, 4.69) is 25.4 Å². The number of piperazine rings is 1. The Morgan fingerprint density at radius 1 is 1.33 bits per heavy atom. The summed E-state index contributed by atoms with van der Waals surface area (Å²) in [4.78, 5) is 6.70. The lowest BCUT2D eigenvalue weighted by atomic mass is 10.4. The molecule has 0 aliphatic carbocycles. The largest absolute Gasteiger partial charge is 0.378 e. The lowest BCUT2D eigenvalue weighted by Gasteiger charge is -2.35. The Morgan fingerprint density at radius 2 is 2.04 bits per heavy atom. The van der Waals surface area contributed by atoms with Crippen molar-refractivity contribution in [3.63, 3.8) is 0 Å². The maximum absolute atomic E-state index is 12.5. The fourth-order valence-electron chi connectivity index (χ4n) is 2.72. The molecule has 27 heavy (non-hydrogen) atoms. The molecule has 1 saturated heterocycles. The highest BCUT2D eigenvalue weighted by atomic mass is 32.2. The molecule has 0 amide bonds. The van der Waals surface area contributed by atoms with Gasteiger partial charge in [0.15, 0.2) is 11.8 Å². The summed E-state index contributed by atoms with van der Waals surface area (Å²) in [5.74, 6) is 1.56. The lowest BCUT2D eigenvalue weighted by Crippen LogP contribution is -2.54. The van der Waals surface area contributed by atoms with E-state index in [1.54, 1.807) is 10.6 Å². The van der Waals surface area contributed by atoms with Gasteiger partial charge in [-0.15, -0.1) is 10.2 Å². The quantitative estimate of drug-likeness (QED) is 0.469. The standard InChI is InChI=1S/C16H31N7O3S/c1-5-17-16(18-12-15-20-19-13-21(15)4)22-6-8-23(9-7-22)27(24,25)11-10-26-14(2)3/h13-14H,5-12H2,1-4H3,(H,17,18). The number of nitrogens with zero attached hydrogens (tertiary/aromatic N) is 6. The van der Waals surface area contributed by atoms with E-state index in [0.717, 1.165) is 18.3 Å². The monoisotopic (exact) mass is 401 g/mol. The predicted molar refractivity (Wildman–Crippen MR) is 104 cm³/mol. The summed E-state index contributed by atoms with van der Waals surface area (Å²) in [5, 5.41) is 11.2. The minimum Gasteiger partial charge on any atom is -0.378 e. The van der Waals surface area contributed by atoms with Gasteiger partial charge in [0.1, 0.15) is 12.9 Å². The molecule has 0 bridgehead atoms. The number of nitrogens with one attached hydrogen (secondary N) is 1. The Labute approximate surface area is 161 Å². The van der Waals surface area contributed by atoms with Crippen molar-refractivity contribution in [1.82, 2.24) is 29.3 Å². The fraction of sp³-hybridized carbons (Fsp3) is 0.812. The Morgan fingerprint density at radius 3 is 2.59 bits per heavy atom. The Balaban J connectivity index is 1.92. The van der Waals surface area contributed by atoms with Gasteiger partial charge in [0.25, 0.3) is 0 Å². The van der Waals surface area contributed by atoms with Crippen LogP contribution in [0.4, 0.5) is 0 Å². The Bertz CT molecular complexity index is 709. The topological polar surface area (TPSA) is 105 Å². The molecule has 10 nitrogen and oxygen atoms in total. The molecule has 0 radical (unpaired) electrons. The molecule has 2 rings (SSSR count). The summed E-state index contributed by atoms with van der Waals surface area (Å²) in [6, 6.07) is 0. The first-order chi connectivity index (χ1) is 12.8. The van der Waals surface area contributed by atoms with E-state index >= 15 is 0 Å². The van der Waals surface area contributed by atoms with Crippen molar-refractivity contribution in [1.29, 1.82) is 0 Å². The summed E-state index contributed by atoms with van der Waals surface area (Å²) < 4.78 is 33.7. The third-order valence-corrected chi connectivity index (χ3v) is 6.07. The van der Waals surface area contributed by atoms with Gasteiger partial charge in [0.05, 0.1) is 18.5 Å². The van der Waals surface area contributed by atoms with Gasteiger partial charge in [-0.25, -0.2) is 13.4 Å². The van der Waals surface area contributed by atoms with Gasteiger partial charge < -0.3 is 19.5 Å². The third kappa shape index (κ3) is 6.43. The molecule has 0 unspecified atom stereocenters. The number of sulfonamides is 1. The molecular formula is C16H31N7O3S. The molecule has 1 N–H and O–H groups in total. The average molecular weight is 402 g/mol. The van der Waals surface area contributed by atoms with Gasteiger partial charge in [-0.1, -0.05) is 0 Å². The normalized spacial score (nSPS) is 16.9. The first-order valence-electron chi connectivity index (χ1n) is 9.29. The highest BCUT2D eigenvalue weighted by Gasteiger charge is 2.28. The molecule has 11 heteroatoms. The molecular weight excluding hydrogens is 370 g/mol. The van der Waals surface area contributed by atoms with Crippen molar-refractivity contribution >= 4 is 16.0 Å². The highest BCUT2D eigenvalue weighted by Crippen LogP contribution is 2.09. The molecule has 2 heterocycles. The zero-order valence-corrected chi connectivity index (χ0v) is 17.4. The van der Waals surface area contributed by atoms with Crippen molar-refractivity contribution in [2.45, 2.75) is 33.4 Å². The van der Waals surface area contributed by atoms with E-state index in [9.17, 15) is 8.42 Å². The van der Waals surface area contributed by atoms with Gasteiger partial charge in [-0.2, -0.15) is 4.31 Å². The van der Waals surface area contributed by atoms with Crippen LogP contribution < -0.4 is 5.32 Å². The predicted octanol–water partition coefficient (Wildman–Crippen LogP) is -0.347. The van der Waals surface area contributed by atoms with Gasteiger partial charge in [0, 0.05) is 39.8 Å². The van der Waals surface area contributed by atoms with Gasteiger partial charge in [-0.3, -0.25) is 0 Å². The number of hydrogen-bond donors (Lipinski definition) is 1. The maximum atomic E-state index is 12.5. The first kappa shape index (κ1) is 21.6. The van der Waals surface area contributed by atoms with Crippen molar-refractivity contribution in [3.8, 4) is 0 Å². The second-order valence-corrected chi connectivity index (χ2v) is 8.74. The summed E-state index contributed by atoms with van der Waals surface area (Å²) in [6.45, 7) is 9.25. The second kappa shape index (κ2) is 10.00. The smallest absolute Gasteiger partial charge is 0.216 e. The maximum Gasteiger partial charge on any atom is 0.216 e.